The van der Waals surface area contributed by atoms with Crippen LogP contribution in [-0.2, 0) is 0 Å². The molecule has 2 aromatic rings. The highest BCUT2D eigenvalue weighted by molar-refractivity contribution is 6.33. The van der Waals surface area contributed by atoms with Gasteiger partial charge in [0.05, 0.1) is 28.9 Å². The lowest BCUT2D eigenvalue weighted by molar-refractivity contribution is 0.340. The van der Waals surface area contributed by atoms with Gasteiger partial charge >= 0.3 is 0 Å². The zero-order valence-electron chi connectivity index (χ0n) is 10.5. The first kappa shape index (κ1) is 13.3. The lowest BCUT2D eigenvalue weighted by Gasteiger charge is -2.09. The van der Waals surface area contributed by atoms with Gasteiger partial charge in [-0.1, -0.05) is 11.6 Å². The van der Waals surface area contributed by atoms with Crippen LogP contribution in [0.3, 0.4) is 0 Å². The first-order valence-corrected chi connectivity index (χ1v) is 6.30. The maximum atomic E-state index is 8.78. The molecule has 2 rings (SSSR count). The Labute approximate surface area is 117 Å². The van der Waals surface area contributed by atoms with E-state index >= 15 is 0 Å². The molecular formula is C15H13ClN2O. The number of rotatable bonds is 4. The average Bonchev–Trinajstić information content (AvgIpc) is 2.43. The van der Waals surface area contributed by atoms with Crippen molar-refractivity contribution in [3.63, 3.8) is 0 Å². The monoisotopic (exact) mass is 272 g/mol. The normalized spacial score (nSPS) is 9.74. The van der Waals surface area contributed by atoms with E-state index in [1.807, 2.05) is 31.2 Å². The number of anilines is 2. The summed E-state index contributed by atoms with van der Waals surface area (Å²) in [5.41, 5.74) is 2.22. The quantitative estimate of drug-likeness (QED) is 0.900. The Morgan fingerprint density at radius 2 is 1.95 bits per heavy atom. The molecule has 96 valence electrons. The number of hydrogen-bond donors (Lipinski definition) is 1. The number of halogens is 1. The van der Waals surface area contributed by atoms with Crippen molar-refractivity contribution >= 4 is 23.0 Å². The Morgan fingerprint density at radius 1 is 1.21 bits per heavy atom. The molecule has 3 nitrogen and oxygen atoms in total. The fourth-order valence-electron chi connectivity index (χ4n) is 1.64. The number of nitrogens with one attached hydrogen (secondary N) is 1. The standard InChI is InChI=1S/C15H13ClN2O/c1-2-19-13-6-4-12(5-7-13)18-15-8-3-11(10-17)9-14(15)16/h3-9,18H,2H2,1H3. The largest absolute Gasteiger partial charge is 0.494 e. The average molecular weight is 273 g/mol. The zero-order valence-corrected chi connectivity index (χ0v) is 11.2. The Kier molecular flexibility index (Phi) is 4.27. The summed E-state index contributed by atoms with van der Waals surface area (Å²) in [6.45, 7) is 2.59. The minimum absolute atomic E-state index is 0.521. The highest BCUT2D eigenvalue weighted by Gasteiger charge is 2.02. The molecule has 2 aromatic carbocycles. The van der Waals surface area contributed by atoms with Crippen LogP contribution >= 0.6 is 11.6 Å². The Hall–Kier alpha value is -2.18. The van der Waals surface area contributed by atoms with Gasteiger partial charge in [-0.25, -0.2) is 0 Å². The molecule has 0 unspecified atom stereocenters. The summed E-state index contributed by atoms with van der Waals surface area (Å²) in [7, 11) is 0. The molecule has 0 bridgehead atoms. The van der Waals surface area contributed by atoms with Crippen LogP contribution in [-0.4, -0.2) is 6.61 Å². The van der Waals surface area contributed by atoms with E-state index in [1.165, 1.54) is 0 Å². The predicted octanol–water partition coefficient (Wildman–Crippen LogP) is 4.35. The predicted molar refractivity (Wildman–Crippen MR) is 77.1 cm³/mol. The second-order valence-electron chi connectivity index (χ2n) is 3.89. The molecule has 0 aliphatic carbocycles. The van der Waals surface area contributed by atoms with Crippen LogP contribution in [0, 0.1) is 11.3 Å². The van der Waals surface area contributed by atoms with Gasteiger partial charge in [-0.05, 0) is 49.4 Å². The van der Waals surface area contributed by atoms with Gasteiger partial charge in [0.25, 0.3) is 0 Å². The van der Waals surface area contributed by atoms with Crippen LogP contribution in [0.15, 0.2) is 42.5 Å². The Balaban J connectivity index is 2.15. The number of hydrogen-bond acceptors (Lipinski definition) is 3. The van der Waals surface area contributed by atoms with Gasteiger partial charge in [0.2, 0.25) is 0 Å². The maximum Gasteiger partial charge on any atom is 0.119 e. The third-order valence-corrected chi connectivity index (χ3v) is 2.86. The van der Waals surface area contributed by atoms with E-state index in [1.54, 1.807) is 18.2 Å². The first-order chi connectivity index (χ1) is 9.22. The molecule has 4 heteroatoms. The van der Waals surface area contributed by atoms with Crippen LogP contribution in [0.5, 0.6) is 5.75 Å². The fraction of sp³-hybridized carbons (Fsp3) is 0.133. The zero-order chi connectivity index (χ0) is 13.7. The SMILES string of the molecule is CCOc1ccc(Nc2ccc(C#N)cc2Cl)cc1. The Bertz CT molecular complexity index is 603. The van der Waals surface area contributed by atoms with Crippen LogP contribution < -0.4 is 10.1 Å². The number of nitrogens with zero attached hydrogens (tertiary/aromatic N) is 1. The highest BCUT2D eigenvalue weighted by Crippen LogP contribution is 2.27. The third kappa shape index (κ3) is 3.40. The van der Waals surface area contributed by atoms with Gasteiger partial charge in [0.1, 0.15) is 5.75 Å². The highest BCUT2D eigenvalue weighted by atomic mass is 35.5. The first-order valence-electron chi connectivity index (χ1n) is 5.92. The summed E-state index contributed by atoms with van der Waals surface area (Å²) >= 11 is 6.10. The lowest BCUT2D eigenvalue weighted by atomic mass is 10.2. The van der Waals surface area contributed by atoms with E-state index in [9.17, 15) is 0 Å². The molecule has 0 saturated carbocycles. The van der Waals surface area contributed by atoms with Gasteiger partial charge in [-0.15, -0.1) is 0 Å². The van der Waals surface area contributed by atoms with Gasteiger partial charge in [-0.2, -0.15) is 5.26 Å². The maximum absolute atomic E-state index is 8.78. The van der Waals surface area contributed by atoms with Crippen molar-refractivity contribution in [1.82, 2.24) is 0 Å². The van der Waals surface area contributed by atoms with Crippen molar-refractivity contribution < 1.29 is 4.74 Å². The molecule has 0 heterocycles. The van der Waals surface area contributed by atoms with Crippen LogP contribution in [0.2, 0.25) is 5.02 Å². The summed E-state index contributed by atoms with van der Waals surface area (Å²) < 4.78 is 5.38. The molecule has 0 aromatic heterocycles. The number of nitriles is 1. The van der Waals surface area contributed by atoms with Gasteiger partial charge in [-0.3, -0.25) is 0 Å². The molecule has 0 atom stereocenters. The molecule has 0 aliphatic heterocycles. The molecule has 0 saturated heterocycles. The second kappa shape index (κ2) is 6.12. The van der Waals surface area contributed by atoms with Crippen molar-refractivity contribution in [2.75, 3.05) is 11.9 Å². The number of ether oxygens (including phenoxy) is 1. The summed E-state index contributed by atoms with van der Waals surface area (Å²) in [4.78, 5) is 0. The summed E-state index contributed by atoms with van der Waals surface area (Å²) in [5, 5.41) is 12.5. The fourth-order valence-corrected chi connectivity index (χ4v) is 1.87. The van der Waals surface area contributed by atoms with Crippen LogP contribution in [0.25, 0.3) is 0 Å². The third-order valence-electron chi connectivity index (χ3n) is 2.54. The second-order valence-corrected chi connectivity index (χ2v) is 4.30. The van der Waals surface area contributed by atoms with Crippen molar-refractivity contribution in [2.24, 2.45) is 0 Å². The summed E-state index contributed by atoms with van der Waals surface area (Å²) in [6.07, 6.45) is 0. The van der Waals surface area contributed by atoms with Crippen molar-refractivity contribution in [1.29, 1.82) is 5.26 Å². The Morgan fingerprint density at radius 3 is 2.53 bits per heavy atom. The molecule has 0 spiro atoms. The molecule has 0 radical (unpaired) electrons. The number of benzene rings is 2. The van der Waals surface area contributed by atoms with Gasteiger partial charge in [0, 0.05) is 5.69 Å². The molecule has 0 fully saturated rings. The van der Waals surface area contributed by atoms with Crippen LogP contribution in [0.1, 0.15) is 12.5 Å². The molecule has 1 N–H and O–H groups in total. The molecule has 0 aliphatic rings. The van der Waals surface area contributed by atoms with Crippen molar-refractivity contribution in [2.45, 2.75) is 6.92 Å². The summed E-state index contributed by atoms with van der Waals surface area (Å²) in [6, 6.07) is 14.8. The molecule has 19 heavy (non-hydrogen) atoms. The van der Waals surface area contributed by atoms with E-state index in [0.717, 1.165) is 17.1 Å². The molecule has 0 amide bonds. The minimum Gasteiger partial charge on any atom is -0.494 e. The minimum atomic E-state index is 0.521. The van der Waals surface area contributed by atoms with Gasteiger partial charge in [0.15, 0.2) is 0 Å². The van der Waals surface area contributed by atoms with Crippen molar-refractivity contribution in [3.05, 3.63) is 53.1 Å². The van der Waals surface area contributed by atoms with E-state index < -0.39 is 0 Å². The van der Waals surface area contributed by atoms with Crippen LogP contribution in [0.4, 0.5) is 11.4 Å². The topological polar surface area (TPSA) is 45.0 Å². The van der Waals surface area contributed by atoms with E-state index in [0.29, 0.717) is 17.2 Å². The van der Waals surface area contributed by atoms with Crippen molar-refractivity contribution in [3.8, 4) is 11.8 Å². The molecular weight excluding hydrogens is 260 g/mol. The van der Waals surface area contributed by atoms with Gasteiger partial charge < -0.3 is 10.1 Å². The summed E-state index contributed by atoms with van der Waals surface area (Å²) in [5.74, 6) is 0.832. The lowest BCUT2D eigenvalue weighted by Crippen LogP contribution is -1.93. The van der Waals surface area contributed by atoms with E-state index in [2.05, 4.69) is 11.4 Å². The van der Waals surface area contributed by atoms with E-state index in [-0.39, 0.29) is 0 Å². The van der Waals surface area contributed by atoms with E-state index in [4.69, 9.17) is 21.6 Å². The smallest absolute Gasteiger partial charge is 0.119 e.